The lowest BCUT2D eigenvalue weighted by Crippen LogP contribution is -2.24. The quantitative estimate of drug-likeness (QED) is 0.793. The van der Waals surface area contributed by atoms with Gasteiger partial charge in [0.05, 0.1) is 0 Å². The zero-order chi connectivity index (χ0) is 16.1. The summed E-state index contributed by atoms with van der Waals surface area (Å²) in [4.78, 5) is 14.4. The van der Waals surface area contributed by atoms with Crippen LogP contribution in [-0.4, -0.2) is 24.9 Å². The number of carbonyl (C=O) groups is 1. The van der Waals surface area contributed by atoms with Gasteiger partial charge in [-0.1, -0.05) is 30.3 Å². The fraction of sp³-hybridized carbons (Fsp3) is 0.278. The van der Waals surface area contributed by atoms with E-state index in [1.54, 1.807) is 12.1 Å². The number of anilines is 1. The molecule has 0 aliphatic rings. The fourth-order valence-corrected chi connectivity index (χ4v) is 2.36. The molecule has 2 aromatic carbocycles. The molecule has 2 rings (SSSR count). The molecule has 0 saturated heterocycles. The zero-order valence-corrected chi connectivity index (χ0v) is 15.8. The third-order valence-electron chi connectivity index (χ3n) is 3.45. The monoisotopic (exact) mass is 369 g/mol. The van der Waals surface area contributed by atoms with E-state index in [1.165, 1.54) is 5.56 Å². The van der Waals surface area contributed by atoms with Crippen LogP contribution < -0.4 is 11.1 Å². The summed E-state index contributed by atoms with van der Waals surface area (Å²) in [6, 6.07) is 13.6. The Hall–Kier alpha value is -1.75. The van der Waals surface area contributed by atoms with Gasteiger partial charge in [0, 0.05) is 24.3 Å². The van der Waals surface area contributed by atoms with Gasteiger partial charge in [-0.05, 0) is 49.8 Å². The number of aryl methyl sites for hydroxylation is 1. The summed E-state index contributed by atoms with van der Waals surface area (Å²) in [7, 11) is 4.08. The first kappa shape index (κ1) is 22.2. The molecule has 0 fully saturated rings. The van der Waals surface area contributed by atoms with Crippen molar-refractivity contribution in [3.63, 3.8) is 0 Å². The van der Waals surface area contributed by atoms with E-state index >= 15 is 0 Å². The Bertz CT molecular complexity index is 675. The number of halogens is 2. The van der Waals surface area contributed by atoms with Crippen LogP contribution in [0, 0.1) is 6.92 Å². The second-order valence-electron chi connectivity index (χ2n) is 5.81. The molecule has 0 spiro atoms. The normalized spacial score (nSPS) is 9.83. The molecule has 4 nitrogen and oxygen atoms in total. The SMILES string of the molecule is Cc1ccc(N)cc1C(=O)NCc1cccc(CN(C)C)c1.Cl.Cl. The minimum atomic E-state index is -0.0946. The van der Waals surface area contributed by atoms with Crippen molar-refractivity contribution >= 4 is 36.4 Å². The lowest BCUT2D eigenvalue weighted by atomic mass is 10.1. The Morgan fingerprint density at radius 1 is 1.08 bits per heavy atom. The second kappa shape index (κ2) is 10.2. The highest BCUT2D eigenvalue weighted by molar-refractivity contribution is 5.96. The number of hydrogen-bond acceptors (Lipinski definition) is 3. The number of benzene rings is 2. The molecule has 24 heavy (non-hydrogen) atoms. The first-order valence-corrected chi connectivity index (χ1v) is 7.32. The van der Waals surface area contributed by atoms with E-state index in [-0.39, 0.29) is 30.7 Å². The number of rotatable bonds is 5. The first-order chi connectivity index (χ1) is 10.5. The summed E-state index contributed by atoms with van der Waals surface area (Å²) in [5.41, 5.74) is 10.2. The van der Waals surface area contributed by atoms with Crippen LogP contribution in [0.25, 0.3) is 0 Å². The average molecular weight is 370 g/mol. The summed E-state index contributed by atoms with van der Waals surface area (Å²) >= 11 is 0. The highest BCUT2D eigenvalue weighted by atomic mass is 35.5. The Balaban J connectivity index is 0.00000264. The Morgan fingerprint density at radius 3 is 2.42 bits per heavy atom. The number of carbonyl (C=O) groups excluding carboxylic acids is 1. The average Bonchev–Trinajstić information content (AvgIpc) is 2.47. The van der Waals surface area contributed by atoms with E-state index in [2.05, 4.69) is 22.3 Å². The van der Waals surface area contributed by atoms with Crippen molar-refractivity contribution in [1.29, 1.82) is 0 Å². The predicted molar refractivity (Wildman–Crippen MR) is 105 cm³/mol. The Labute approximate surface area is 156 Å². The molecule has 0 atom stereocenters. The summed E-state index contributed by atoms with van der Waals surface area (Å²) in [5.74, 6) is -0.0946. The van der Waals surface area contributed by atoms with Crippen LogP contribution in [-0.2, 0) is 13.1 Å². The second-order valence-corrected chi connectivity index (χ2v) is 5.81. The molecule has 0 unspecified atom stereocenters. The van der Waals surface area contributed by atoms with Gasteiger partial charge in [-0.2, -0.15) is 0 Å². The van der Waals surface area contributed by atoms with Gasteiger partial charge in [0.25, 0.3) is 5.91 Å². The van der Waals surface area contributed by atoms with Gasteiger partial charge < -0.3 is 16.0 Å². The maximum Gasteiger partial charge on any atom is 0.251 e. The minimum Gasteiger partial charge on any atom is -0.399 e. The summed E-state index contributed by atoms with van der Waals surface area (Å²) < 4.78 is 0. The smallest absolute Gasteiger partial charge is 0.251 e. The molecule has 132 valence electrons. The van der Waals surface area contributed by atoms with Gasteiger partial charge in [0.1, 0.15) is 0 Å². The zero-order valence-electron chi connectivity index (χ0n) is 14.2. The van der Waals surface area contributed by atoms with Gasteiger partial charge in [-0.15, -0.1) is 24.8 Å². The van der Waals surface area contributed by atoms with Gasteiger partial charge >= 0.3 is 0 Å². The number of nitrogen functional groups attached to an aromatic ring is 1. The number of nitrogens with two attached hydrogens (primary N) is 1. The standard InChI is InChI=1S/C18H23N3O.2ClH/c1-13-7-8-16(19)10-17(13)18(22)20-11-14-5-4-6-15(9-14)12-21(2)3;;/h4-10H,11-12,19H2,1-3H3,(H,20,22);2*1H. The number of nitrogens with zero attached hydrogens (tertiary/aromatic N) is 1. The minimum absolute atomic E-state index is 0. The molecule has 1 amide bonds. The van der Waals surface area contributed by atoms with Crippen molar-refractivity contribution < 1.29 is 4.79 Å². The third-order valence-corrected chi connectivity index (χ3v) is 3.45. The van der Waals surface area contributed by atoms with Gasteiger partial charge in [0.15, 0.2) is 0 Å². The highest BCUT2D eigenvalue weighted by Crippen LogP contribution is 2.13. The molecule has 0 aliphatic carbocycles. The van der Waals surface area contributed by atoms with E-state index < -0.39 is 0 Å². The topological polar surface area (TPSA) is 58.4 Å². The molecule has 0 aliphatic heterocycles. The summed E-state index contributed by atoms with van der Waals surface area (Å²) in [6.07, 6.45) is 0. The van der Waals surface area contributed by atoms with E-state index in [0.29, 0.717) is 17.8 Å². The van der Waals surface area contributed by atoms with Crippen molar-refractivity contribution in [2.45, 2.75) is 20.0 Å². The molecular weight excluding hydrogens is 345 g/mol. The molecule has 0 bridgehead atoms. The maximum atomic E-state index is 12.3. The van der Waals surface area contributed by atoms with Crippen LogP contribution >= 0.6 is 24.8 Å². The van der Waals surface area contributed by atoms with Gasteiger partial charge in [0.2, 0.25) is 0 Å². The van der Waals surface area contributed by atoms with Crippen LogP contribution in [0.3, 0.4) is 0 Å². The Morgan fingerprint density at radius 2 is 1.75 bits per heavy atom. The number of hydrogen-bond donors (Lipinski definition) is 2. The lowest BCUT2D eigenvalue weighted by molar-refractivity contribution is 0.0950. The summed E-state index contributed by atoms with van der Waals surface area (Å²) in [6.45, 7) is 3.30. The van der Waals surface area contributed by atoms with E-state index in [0.717, 1.165) is 17.7 Å². The van der Waals surface area contributed by atoms with Crippen LogP contribution in [0.2, 0.25) is 0 Å². The molecule has 2 aromatic rings. The highest BCUT2D eigenvalue weighted by Gasteiger charge is 2.09. The third kappa shape index (κ3) is 6.40. The fourth-order valence-electron chi connectivity index (χ4n) is 2.36. The van der Waals surface area contributed by atoms with Crippen LogP contribution in [0.1, 0.15) is 27.0 Å². The predicted octanol–water partition coefficient (Wildman–Crippen LogP) is 3.41. The van der Waals surface area contributed by atoms with Crippen LogP contribution in [0.15, 0.2) is 42.5 Å². The molecule has 0 aromatic heterocycles. The van der Waals surface area contributed by atoms with Crippen molar-refractivity contribution in [3.8, 4) is 0 Å². The van der Waals surface area contributed by atoms with Crippen LogP contribution in [0.5, 0.6) is 0 Å². The molecule has 0 saturated carbocycles. The molecule has 3 N–H and O–H groups in total. The van der Waals surface area contributed by atoms with E-state index in [1.807, 2.05) is 39.2 Å². The molecule has 0 radical (unpaired) electrons. The number of nitrogens with one attached hydrogen (secondary N) is 1. The van der Waals surface area contributed by atoms with E-state index in [4.69, 9.17) is 5.73 Å². The van der Waals surface area contributed by atoms with Crippen molar-refractivity contribution in [2.75, 3.05) is 19.8 Å². The number of amides is 1. The molecule has 0 heterocycles. The van der Waals surface area contributed by atoms with Gasteiger partial charge in [-0.3, -0.25) is 4.79 Å². The van der Waals surface area contributed by atoms with Crippen LogP contribution in [0.4, 0.5) is 5.69 Å². The van der Waals surface area contributed by atoms with Gasteiger partial charge in [-0.25, -0.2) is 0 Å². The Kier molecular flexibility index (Phi) is 9.44. The molecule has 6 heteroatoms. The van der Waals surface area contributed by atoms with Crippen molar-refractivity contribution in [1.82, 2.24) is 10.2 Å². The van der Waals surface area contributed by atoms with E-state index in [9.17, 15) is 4.79 Å². The van der Waals surface area contributed by atoms with Crippen molar-refractivity contribution in [3.05, 3.63) is 64.7 Å². The summed E-state index contributed by atoms with van der Waals surface area (Å²) in [5, 5.41) is 2.96. The lowest BCUT2D eigenvalue weighted by Gasteiger charge is -2.12. The largest absolute Gasteiger partial charge is 0.399 e. The van der Waals surface area contributed by atoms with Crippen molar-refractivity contribution in [2.24, 2.45) is 0 Å². The first-order valence-electron chi connectivity index (χ1n) is 7.32. The molecular formula is C18H25Cl2N3O. The maximum absolute atomic E-state index is 12.3.